The van der Waals surface area contributed by atoms with Crippen molar-refractivity contribution < 1.29 is 19.1 Å². The number of aromatic nitrogens is 2. The quantitative estimate of drug-likeness (QED) is 0.252. The van der Waals surface area contributed by atoms with Crippen LogP contribution in [0, 0.1) is 11.3 Å². The highest BCUT2D eigenvalue weighted by Crippen LogP contribution is 2.41. The fourth-order valence-electron chi connectivity index (χ4n) is 5.10. The molecule has 3 atom stereocenters. The predicted molar refractivity (Wildman–Crippen MR) is 164 cm³/mol. The van der Waals surface area contributed by atoms with Crippen LogP contribution in [0.1, 0.15) is 57.6 Å². The van der Waals surface area contributed by atoms with Gasteiger partial charge in [0.2, 0.25) is 5.91 Å². The molecule has 0 saturated heterocycles. The van der Waals surface area contributed by atoms with Crippen LogP contribution in [-0.4, -0.2) is 40.5 Å². The predicted octanol–water partition coefficient (Wildman–Crippen LogP) is 6.65. The summed E-state index contributed by atoms with van der Waals surface area (Å²) in [6.45, 7) is 5.59. The molecule has 0 radical (unpaired) electrons. The minimum atomic E-state index is -1.06. The first-order valence-electron chi connectivity index (χ1n) is 13.5. The Morgan fingerprint density at radius 3 is 2.33 bits per heavy atom. The average molecular weight is 633 g/mol. The van der Waals surface area contributed by atoms with E-state index in [1.807, 2.05) is 51.1 Å². The van der Waals surface area contributed by atoms with Crippen LogP contribution in [-0.2, 0) is 19.1 Å². The third-order valence-electron chi connectivity index (χ3n) is 7.37. The van der Waals surface area contributed by atoms with E-state index >= 15 is 0 Å². The molecule has 0 aliphatic carbocycles. The maximum atomic E-state index is 13.9. The smallest absolute Gasteiger partial charge is 0.308 e. The number of anilines is 1. The number of nitrogens with zero attached hydrogens (tertiary/aromatic N) is 4. The van der Waals surface area contributed by atoms with Crippen LogP contribution in [0.15, 0.2) is 66.0 Å². The van der Waals surface area contributed by atoms with Gasteiger partial charge in [0.05, 0.1) is 23.1 Å². The molecule has 2 aromatic carbocycles. The van der Waals surface area contributed by atoms with E-state index in [2.05, 4.69) is 15.5 Å². The molecule has 12 heteroatoms. The zero-order chi connectivity index (χ0) is 30.6. The largest absolute Gasteiger partial charge is 0.469 e. The second kappa shape index (κ2) is 13.3. The first-order valence-corrected chi connectivity index (χ1v) is 14.6. The second-order valence-electron chi connectivity index (χ2n) is 10.8. The fraction of sp³-hybridized carbons (Fsp3) is 0.367. The van der Waals surface area contributed by atoms with E-state index in [1.54, 1.807) is 12.3 Å². The van der Waals surface area contributed by atoms with Gasteiger partial charge < -0.3 is 10.1 Å². The molecule has 0 bridgehead atoms. The summed E-state index contributed by atoms with van der Waals surface area (Å²) >= 11 is 18.9. The number of hydrazone groups is 1. The van der Waals surface area contributed by atoms with Crippen LogP contribution < -0.4 is 10.3 Å². The zero-order valence-corrected chi connectivity index (χ0v) is 26.0. The molecule has 4 rings (SSSR count). The molecule has 1 aliphatic heterocycles. The molecule has 2 heterocycles. The van der Waals surface area contributed by atoms with Gasteiger partial charge in [-0.05, 0) is 48.9 Å². The minimum absolute atomic E-state index is 0.0705. The van der Waals surface area contributed by atoms with Crippen LogP contribution in [0.3, 0.4) is 0 Å². The number of carbonyl (C=O) groups is 3. The summed E-state index contributed by atoms with van der Waals surface area (Å²) in [5, 5.41) is 13.2. The van der Waals surface area contributed by atoms with Gasteiger partial charge in [0.1, 0.15) is 5.69 Å². The summed E-state index contributed by atoms with van der Waals surface area (Å²) in [7, 11) is 1.38. The highest BCUT2D eigenvalue weighted by atomic mass is 35.5. The van der Waals surface area contributed by atoms with Crippen LogP contribution in [0.25, 0.3) is 0 Å². The third-order valence-corrected chi connectivity index (χ3v) is 8.17. The Bertz CT molecular complexity index is 1450. The molecule has 0 spiro atoms. The van der Waals surface area contributed by atoms with Crippen LogP contribution in [0.2, 0.25) is 15.1 Å². The third kappa shape index (κ3) is 6.80. The van der Waals surface area contributed by atoms with Crippen molar-refractivity contribution in [3.8, 4) is 0 Å². The summed E-state index contributed by atoms with van der Waals surface area (Å²) < 4.78 is 6.43. The molecule has 0 fully saturated rings. The van der Waals surface area contributed by atoms with Gasteiger partial charge in [0.25, 0.3) is 5.91 Å². The monoisotopic (exact) mass is 631 g/mol. The number of esters is 1. The lowest BCUT2D eigenvalue weighted by molar-refractivity contribution is -0.146. The zero-order valence-electron chi connectivity index (χ0n) is 23.7. The van der Waals surface area contributed by atoms with E-state index in [0.29, 0.717) is 24.3 Å². The van der Waals surface area contributed by atoms with Crippen molar-refractivity contribution in [2.45, 2.75) is 52.0 Å². The number of nitrogens with one attached hydrogen (secondary N) is 1. The number of methoxy groups -OCH3 is 1. The lowest BCUT2D eigenvalue weighted by atomic mass is 9.75. The van der Waals surface area contributed by atoms with Gasteiger partial charge in [-0.2, -0.15) is 10.1 Å². The van der Waals surface area contributed by atoms with E-state index in [4.69, 9.17) is 39.5 Å². The Labute approximate surface area is 259 Å². The summed E-state index contributed by atoms with van der Waals surface area (Å²) in [5.74, 6) is -1.50. The molecule has 222 valence electrons. The van der Waals surface area contributed by atoms with E-state index in [-0.39, 0.29) is 45.3 Å². The fourth-order valence-corrected chi connectivity index (χ4v) is 6.08. The number of halogens is 3. The minimum Gasteiger partial charge on any atom is -0.469 e. The van der Waals surface area contributed by atoms with Crippen LogP contribution in [0.5, 0.6) is 0 Å². The Kier molecular flexibility index (Phi) is 9.97. The summed E-state index contributed by atoms with van der Waals surface area (Å²) in [5.41, 5.74) is 0.227. The van der Waals surface area contributed by atoms with Crippen molar-refractivity contribution in [1.82, 2.24) is 15.1 Å². The first-order chi connectivity index (χ1) is 20.0. The summed E-state index contributed by atoms with van der Waals surface area (Å²) in [6.07, 6.45) is 4.67. The molecule has 1 aromatic heterocycles. The van der Waals surface area contributed by atoms with Gasteiger partial charge in [-0.3, -0.25) is 19.1 Å². The van der Waals surface area contributed by atoms with E-state index in [1.165, 1.54) is 30.1 Å². The highest BCUT2D eigenvalue weighted by Gasteiger charge is 2.43. The van der Waals surface area contributed by atoms with Crippen molar-refractivity contribution in [1.29, 1.82) is 0 Å². The number of rotatable bonds is 10. The Balaban J connectivity index is 1.64. The number of hydrogen-bond donors (Lipinski definition) is 1. The second-order valence-corrected chi connectivity index (χ2v) is 12.0. The Morgan fingerprint density at radius 2 is 1.76 bits per heavy atom. The molecule has 3 aromatic rings. The van der Waals surface area contributed by atoms with Crippen molar-refractivity contribution >= 4 is 64.1 Å². The van der Waals surface area contributed by atoms with Gasteiger partial charge >= 0.3 is 5.97 Å². The topological polar surface area (TPSA) is 106 Å². The number of benzene rings is 2. The molecular weight excluding hydrogens is 601 g/mol. The summed E-state index contributed by atoms with van der Waals surface area (Å²) in [4.78, 5) is 40.0. The van der Waals surface area contributed by atoms with E-state index in [9.17, 15) is 14.4 Å². The average Bonchev–Trinajstić information content (AvgIpc) is 3.58. The highest BCUT2D eigenvalue weighted by molar-refractivity contribution is 6.42. The molecule has 9 nitrogen and oxygen atoms in total. The first kappa shape index (κ1) is 31.5. The number of carbonyl (C=O) groups excluding carboxylic acids is 3. The SMILES string of the molecule is CCC(CC(CC(C)(C)C(=O)NC1=NN(c2c(Cl)cc(Cl)cc2Cl)C(=O)C1n1cccn1)c1ccccc1)C(=O)OC. The Morgan fingerprint density at radius 1 is 1.10 bits per heavy atom. The van der Waals surface area contributed by atoms with Gasteiger partial charge in [0.15, 0.2) is 11.9 Å². The van der Waals surface area contributed by atoms with Crippen molar-refractivity contribution in [3.05, 3.63) is 81.6 Å². The maximum absolute atomic E-state index is 13.9. The normalized spacial score (nSPS) is 16.6. The van der Waals surface area contributed by atoms with Gasteiger partial charge in [-0.25, -0.2) is 0 Å². The number of amides is 2. The summed E-state index contributed by atoms with van der Waals surface area (Å²) in [6, 6.07) is 13.3. The number of amidine groups is 1. The van der Waals surface area contributed by atoms with Crippen molar-refractivity contribution in [2.75, 3.05) is 12.1 Å². The van der Waals surface area contributed by atoms with Crippen LogP contribution in [0.4, 0.5) is 5.69 Å². The number of hydrogen-bond acceptors (Lipinski definition) is 6. The van der Waals surface area contributed by atoms with Gasteiger partial charge in [0, 0.05) is 22.8 Å². The molecular formula is C30H32Cl3N5O4. The molecule has 1 N–H and O–H groups in total. The van der Waals surface area contributed by atoms with Crippen LogP contribution >= 0.6 is 34.8 Å². The van der Waals surface area contributed by atoms with Crippen molar-refractivity contribution in [3.63, 3.8) is 0 Å². The molecule has 2 amide bonds. The van der Waals surface area contributed by atoms with Gasteiger partial charge in [-0.1, -0.05) is 85.9 Å². The van der Waals surface area contributed by atoms with E-state index in [0.717, 1.165) is 10.6 Å². The standard InChI is InChI=1S/C30H32Cl3N5O4/c1-5-18(28(40)42-4)14-20(19-10-7-6-8-11-19)17-30(2,3)29(41)35-26-25(37-13-9-12-34-37)27(39)38(36-26)24-22(32)15-21(31)16-23(24)33/h6-13,15-16,18,20,25H,5,14,17H2,1-4H3,(H,35,36,41). The lowest BCUT2D eigenvalue weighted by Gasteiger charge is -2.31. The lowest BCUT2D eigenvalue weighted by Crippen LogP contribution is -2.44. The molecule has 3 unspecified atom stereocenters. The maximum Gasteiger partial charge on any atom is 0.308 e. The van der Waals surface area contributed by atoms with Crippen molar-refractivity contribution in [2.24, 2.45) is 16.4 Å². The Hall–Kier alpha value is -3.40. The molecule has 42 heavy (non-hydrogen) atoms. The van der Waals surface area contributed by atoms with Gasteiger partial charge in [-0.15, -0.1) is 5.10 Å². The number of ether oxygens (including phenoxy) is 1. The molecule has 1 aliphatic rings. The molecule has 0 saturated carbocycles. The van der Waals surface area contributed by atoms with E-state index < -0.39 is 17.4 Å².